The molecule has 1 aromatic rings. The number of carbonyl (C=O) groups excluding carboxylic acids is 1. The highest BCUT2D eigenvalue weighted by molar-refractivity contribution is 5.34. The van der Waals surface area contributed by atoms with E-state index in [-0.39, 0.29) is 12.6 Å². The number of isocyanates is 1. The van der Waals surface area contributed by atoms with Gasteiger partial charge in [-0.05, 0) is 12.0 Å². The topological polar surface area (TPSA) is 49.7 Å². The van der Waals surface area contributed by atoms with Crippen molar-refractivity contribution in [2.75, 3.05) is 6.61 Å². The van der Waals surface area contributed by atoms with Gasteiger partial charge in [0.25, 0.3) is 0 Å². The first-order valence-electron chi connectivity index (χ1n) is 4.08. The zero-order chi connectivity index (χ0) is 9.52. The Bertz CT molecular complexity index is 291. The average molecular weight is 177 g/mol. The lowest BCUT2D eigenvalue weighted by Gasteiger charge is -2.05. The van der Waals surface area contributed by atoms with E-state index >= 15 is 0 Å². The fourth-order valence-corrected chi connectivity index (χ4v) is 1.11. The predicted molar refractivity (Wildman–Crippen MR) is 49.1 cm³/mol. The molecule has 1 atom stereocenters. The van der Waals surface area contributed by atoms with Crippen LogP contribution in [-0.2, 0) is 11.2 Å². The molecule has 0 spiro atoms. The quantitative estimate of drug-likeness (QED) is 0.549. The zero-order valence-corrected chi connectivity index (χ0v) is 7.18. The first-order valence-corrected chi connectivity index (χ1v) is 4.08. The highest BCUT2D eigenvalue weighted by Gasteiger charge is 2.05. The van der Waals surface area contributed by atoms with Crippen LogP contribution in [0.2, 0.25) is 0 Å². The Morgan fingerprint density at radius 1 is 1.38 bits per heavy atom. The number of hydrogen-bond acceptors (Lipinski definition) is 3. The summed E-state index contributed by atoms with van der Waals surface area (Å²) in [6.07, 6.45) is 2.03. The Balaban J connectivity index is 2.61. The molecule has 0 radical (unpaired) electrons. The highest BCUT2D eigenvalue weighted by Crippen LogP contribution is 2.04. The van der Waals surface area contributed by atoms with Crippen molar-refractivity contribution in [2.24, 2.45) is 4.99 Å². The van der Waals surface area contributed by atoms with E-state index < -0.39 is 0 Å². The fraction of sp³-hybridized carbons (Fsp3) is 0.300. The number of rotatable bonds is 4. The maximum atomic E-state index is 9.96. The molecule has 3 nitrogen and oxygen atoms in total. The Morgan fingerprint density at radius 2 is 2.08 bits per heavy atom. The van der Waals surface area contributed by atoms with E-state index in [1.807, 2.05) is 30.3 Å². The van der Waals surface area contributed by atoms with Crippen LogP contribution in [0.4, 0.5) is 0 Å². The third kappa shape index (κ3) is 3.20. The van der Waals surface area contributed by atoms with E-state index in [4.69, 9.17) is 5.11 Å². The molecule has 0 aliphatic carbocycles. The molecule has 0 saturated carbocycles. The molecule has 0 amide bonds. The molecule has 0 aromatic heterocycles. The average Bonchev–Trinajstić information content (AvgIpc) is 2.19. The second-order valence-corrected chi connectivity index (χ2v) is 2.75. The standard InChI is InChI=1S/C10H11NO2/c12-7-10(11-8-13)6-9-4-2-1-3-5-9/h1-5,10,12H,6-7H2. The summed E-state index contributed by atoms with van der Waals surface area (Å²) in [4.78, 5) is 13.4. The number of aliphatic hydroxyl groups is 1. The van der Waals surface area contributed by atoms with Crippen LogP contribution in [0, 0.1) is 0 Å². The normalized spacial score (nSPS) is 11.8. The van der Waals surface area contributed by atoms with Gasteiger partial charge in [-0.15, -0.1) is 0 Å². The molecular weight excluding hydrogens is 166 g/mol. The first-order chi connectivity index (χ1) is 6.36. The minimum absolute atomic E-state index is 0.121. The Morgan fingerprint density at radius 3 is 2.62 bits per heavy atom. The molecular formula is C10H11NO2. The van der Waals surface area contributed by atoms with Gasteiger partial charge in [-0.3, -0.25) is 0 Å². The molecule has 13 heavy (non-hydrogen) atoms. The van der Waals surface area contributed by atoms with Crippen LogP contribution in [0.25, 0.3) is 0 Å². The predicted octanol–water partition coefficient (Wildman–Crippen LogP) is 0.926. The van der Waals surface area contributed by atoms with Crippen LogP contribution >= 0.6 is 0 Å². The first kappa shape index (κ1) is 9.65. The number of hydrogen-bond donors (Lipinski definition) is 1. The van der Waals surface area contributed by atoms with Crippen LogP contribution in [-0.4, -0.2) is 23.8 Å². The van der Waals surface area contributed by atoms with Crippen molar-refractivity contribution in [2.45, 2.75) is 12.5 Å². The summed E-state index contributed by atoms with van der Waals surface area (Å²) in [7, 11) is 0. The summed E-state index contributed by atoms with van der Waals surface area (Å²) < 4.78 is 0. The molecule has 1 aromatic carbocycles. The van der Waals surface area contributed by atoms with Gasteiger partial charge in [0, 0.05) is 0 Å². The van der Waals surface area contributed by atoms with Crippen molar-refractivity contribution >= 4 is 6.08 Å². The van der Waals surface area contributed by atoms with Crippen molar-refractivity contribution in [3.63, 3.8) is 0 Å². The molecule has 0 fully saturated rings. The van der Waals surface area contributed by atoms with E-state index in [0.717, 1.165) is 5.56 Å². The van der Waals surface area contributed by atoms with E-state index in [1.165, 1.54) is 6.08 Å². The lowest BCUT2D eigenvalue weighted by atomic mass is 10.1. The Labute approximate surface area is 76.7 Å². The zero-order valence-electron chi connectivity index (χ0n) is 7.18. The van der Waals surface area contributed by atoms with E-state index in [9.17, 15) is 4.79 Å². The van der Waals surface area contributed by atoms with E-state index in [2.05, 4.69) is 4.99 Å². The van der Waals surface area contributed by atoms with Gasteiger partial charge in [0.2, 0.25) is 6.08 Å². The smallest absolute Gasteiger partial charge is 0.235 e. The van der Waals surface area contributed by atoms with Crippen LogP contribution in [0.3, 0.4) is 0 Å². The molecule has 1 unspecified atom stereocenters. The fourth-order valence-electron chi connectivity index (χ4n) is 1.11. The SMILES string of the molecule is O=C=NC(CO)Cc1ccccc1. The van der Waals surface area contributed by atoms with Gasteiger partial charge in [-0.2, -0.15) is 4.99 Å². The number of aliphatic imine (C=N–C) groups is 1. The third-order valence-electron chi connectivity index (χ3n) is 1.76. The molecule has 0 aliphatic heterocycles. The summed E-state index contributed by atoms with van der Waals surface area (Å²) in [5.74, 6) is 0. The highest BCUT2D eigenvalue weighted by atomic mass is 16.3. The molecule has 0 saturated heterocycles. The largest absolute Gasteiger partial charge is 0.394 e. The van der Waals surface area contributed by atoms with Gasteiger partial charge in [-0.25, -0.2) is 4.79 Å². The third-order valence-corrected chi connectivity index (χ3v) is 1.76. The second-order valence-electron chi connectivity index (χ2n) is 2.75. The maximum absolute atomic E-state index is 9.96. The Kier molecular flexibility index (Phi) is 3.89. The van der Waals surface area contributed by atoms with Crippen LogP contribution in [0.1, 0.15) is 5.56 Å². The van der Waals surface area contributed by atoms with Crippen LogP contribution in [0.15, 0.2) is 35.3 Å². The molecule has 3 heteroatoms. The monoisotopic (exact) mass is 177 g/mol. The summed E-state index contributed by atoms with van der Waals surface area (Å²) in [6.45, 7) is -0.121. The van der Waals surface area contributed by atoms with Crippen molar-refractivity contribution in [1.82, 2.24) is 0 Å². The number of nitrogens with zero attached hydrogens (tertiary/aromatic N) is 1. The van der Waals surface area contributed by atoms with Crippen LogP contribution < -0.4 is 0 Å². The number of aliphatic hydroxyl groups excluding tert-OH is 1. The van der Waals surface area contributed by atoms with Gasteiger partial charge in [0.15, 0.2) is 0 Å². The summed E-state index contributed by atoms with van der Waals surface area (Å²) in [5, 5.41) is 8.85. The van der Waals surface area contributed by atoms with Gasteiger partial charge in [0.1, 0.15) is 0 Å². The maximum Gasteiger partial charge on any atom is 0.235 e. The number of benzene rings is 1. The second kappa shape index (κ2) is 5.25. The minimum Gasteiger partial charge on any atom is -0.394 e. The Hall–Kier alpha value is -1.44. The molecule has 0 heterocycles. The van der Waals surface area contributed by atoms with Crippen molar-refractivity contribution in [3.8, 4) is 0 Å². The lowest BCUT2D eigenvalue weighted by Crippen LogP contribution is -2.13. The van der Waals surface area contributed by atoms with Gasteiger partial charge >= 0.3 is 0 Å². The molecule has 68 valence electrons. The van der Waals surface area contributed by atoms with Gasteiger partial charge in [-0.1, -0.05) is 30.3 Å². The molecule has 0 bridgehead atoms. The summed E-state index contributed by atoms with van der Waals surface area (Å²) in [5.41, 5.74) is 1.06. The van der Waals surface area contributed by atoms with Crippen molar-refractivity contribution in [1.29, 1.82) is 0 Å². The van der Waals surface area contributed by atoms with Crippen molar-refractivity contribution in [3.05, 3.63) is 35.9 Å². The van der Waals surface area contributed by atoms with Gasteiger partial charge in [0.05, 0.1) is 12.6 Å². The summed E-state index contributed by atoms with van der Waals surface area (Å²) >= 11 is 0. The molecule has 0 aliphatic rings. The van der Waals surface area contributed by atoms with Gasteiger partial charge < -0.3 is 5.11 Å². The molecule has 1 N–H and O–H groups in total. The van der Waals surface area contributed by atoms with Crippen molar-refractivity contribution < 1.29 is 9.90 Å². The van der Waals surface area contributed by atoms with Crippen LogP contribution in [0.5, 0.6) is 0 Å². The minimum atomic E-state index is -0.361. The van der Waals surface area contributed by atoms with E-state index in [1.54, 1.807) is 0 Å². The summed E-state index contributed by atoms with van der Waals surface area (Å²) in [6, 6.07) is 9.25. The molecule has 1 rings (SSSR count). The lowest BCUT2D eigenvalue weighted by molar-refractivity contribution is 0.266. The van der Waals surface area contributed by atoms with E-state index in [0.29, 0.717) is 6.42 Å².